The number of aryl methyl sites for hydroxylation is 1. The van der Waals surface area contributed by atoms with Crippen LogP contribution in [-0.2, 0) is 11.2 Å². The lowest BCUT2D eigenvalue weighted by atomic mass is 9.88. The van der Waals surface area contributed by atoms with E-state index in [2.05, 4.69) is 6.07 Å². The number of rotatable bonds is 4. The van der Waals surface area contributed by atoms with E-state index >= 15 is 0 Å². The zero-order valence-electron chi connectivity index (χ0n) is 12.6. The van der Waals surface area contributed by atoms with Crippen LogP contribution in [0.25, 0.3) is 0 Å². The molecule has 2 N–H and O–H groups in total. The molecule has 110 valence electrons. The van der Waals surface area contributed by atoms with Crippen molar-refractivity contribution in [2.75, 3.05) is 13.7 Å². The summed E-state index contributed by atoms with van der Waals surface area (Å²) >= 11 is 0. The van der Waals surface area contributed by atoms with Gasteiger partial charge in [0.2, 0.25) is 0 Å². The van der Waals surface area contributed by atoms with Gasteiger partial charge in [-0.05, 0) is 56.4 Å². The lowest BCUT2D eigenvalue weighted by molar-refractivity contribution is -0.133. The van der Waals surface area contributed by atoms with Crippen molar-refractivity contribution in [3.05, 3.63) is 29.3 Å². The minimum absolute atomic E-state index is 0.0120. The topological polar surface area (TPSA) is 55.6 Å². The molecule has 0 aliphatic heterocycles. The summed E-state index contributed by atoms with van der Waals surface area (Å²) in [4.78, 5) is 13.6. The Labute approximate surface area is 120 Å². The SMILES string of the molecule is CC(C)N(C)C(=O)COc1ccc2c(c1)C(N)CCC2. The van der Waals surface area contributed by atoms with E-state index < -0.39 is 0 Å². The van der Waals surface area contributed by atoms with Gasteiger partial charge in [0.25, 0.3) is 5.91 Å². The smallest absolute Gasteiger partial charge is 0.260 e. The number of hydrogen-bond donors (Lipinski definition) is 1. The van der Waals surface area contributed by atoms with Crippen molar-refractivity contribution in [1.29, 1.82) is 0 Å². The number of benzene rings is 1. The van der Waals surface area contributed by atoms with Gasteiger partial charge in [0.05, 0.1) is 0 Å². The van der Waals surface area contributed by atoms with Crippen LogP contribution in [0.3, 0.4) is 0 Å². The molecule has 0 bridgehead atoms. The maximum atomic E-state index is 11.9. The third kappa shape index (κ3) is 3.31. The lowest BCUT2D eigenvalue weighted by Crippen LogP contribution is -2.36. The number of ether oxygens (including phenoxy) is 1. The molecule has 1 aromatic rings. The van der Waals surface area contributed by atoms with Crippen molar-refractivity contribution in [3.63, 3.8) is 0 Å². The van der Waals surface area contributed by atoms with Gasteiger partial charge in [-0.1, -0.05) is 6.07 Å². The molecule has 4 nitrogen and oxygen atoms in total. The molecule has 1 aliphatic rings. The minimum atomic E-state index is -0.0120. The number of likely N-dealkylation sites (N-methyl/N-ethyl adjacent to an activating group) is 1. The fourth-order valence-electron chi connectivity index (χ4n) is 2.44. The first kappa shape index (κ1) is 14.9. The Morgan fingerprint density at radius 1 is 1.50 bits per heavy atom. The third-order valence-corrected chi connectivity index (χ3v) is 4.01. The molecule has 1 atom stereocenters. The van der Waals surface area contributed by atoms with Crippen molar-refractivity contribution in [2.45, 2.75) is 45.2 Å². The van der Waals surface area contributed by atoms with Gasteiger partial charge >= 0.3 is 0 Å². The molecule has 0 spiro atoms. The van der Waals surface area contributed by atoms with Crippen LogP contribution in [0.1, 0.15) is 43.9 Å². The Morgan fingerprint density at radius 2 is 2.25 bits per heavy atom. The Kier molecular flexibility index (Phi) is 4.65. The standard InChI is InChI=1S/C16H24N2O2/c1-11(2)18(3)16(19)10-20-13-8-7-12-5-4-6-15(17)14(12)9-13/h7-9,11,15H,4-6,10,17H2,1-3H3. The quantitative estimate of drug-likeness (QED) is 0.918. The number of nitrogens with two attached hydrogens (primary N) is 1. The predicted molar refractivity (Wildman–Crippen MR) is 79.7 cm³/mol. The second-order valence-corrected chi connectivity index (χ2v) is 5.75. The summed E-state index contributed by atoms with van der Waals surface area (Å²) in [7, 11) is 1.79. The van der Waals surface area contributed by atoms with E-state index in [4.69, 9.17) is 10.5 Å². The summed E-state index contributed by atoms with van der Waals surface area (Å²) in [6.45, 7) is 4.04. The maximum Gasteiger partial charge on any atom is 0.260 e. The Hall–Kier alpha value is -1.55. The van der Waals surface area contributed by atoms with Crippen LogP contribution >= 0.6 is 0 Å². The van der Waals surface area contributed by atoms with Gasteiger partial charge in [-0.15, -0.1) is 0 Å². The first-order valence-electron chi connectivity index (χ1n) is 7.26. The number of hydrogen-bond acceptors (Lipinski definition) is 3. The van der Waals surface area contributed by atoms with Crippen molar-refractivity contribution in [1.82, 2.24) is 4.90 Å². The molecule has 4 heteroatoms. The van der Waals surface area contributed by atoms with Crippen LogP contribution in [-0.4, -0.2) is 30.5 Å². The van der Waals surface area contributed by atoms with E-state index in [1.807, 2.05) is 26.0 Å². The highest BCUT2D eigenvalue weighted by Crippen LogP contribution is 2.30. The Balaban J connectivity index is 2.01. The number of carbonyl (C=O) groups is 1. The van der Waals surface area contributed by atoms with Crippen LogP contribution in [0.15, 0.2) is 18.2 Å². The molecule has 20 heavy (non-hydrogen) atoms. The largest absolute Gasteiger partial charge is 0.484 e. The average molecular weight is 276 g/mol. The molecular weight excluding hydrogens is 252 g/mol. The molecule has 0 saturated heterocycles. The Morgan fingerprint density at radius 3 is 2.95 bits per heavy atom. The van der Waals surface area contributed by atoms with Gasteiger partial charge in [-0.3, -0.25) is 4.79 Å². The molecule has 1 unspecified atom stereocenters. The molecule has 1 aromatic carbocycles. The fourth-order valence-corrected chi connectivity index (χ4v) is 2.44. The summed E-state index contributed by atoms with van der Waals surface area (Å²) in [5.41, 5.74) is 8.60. The van der Waals surface area contributed by atoms with E-state index in [9.17, 15) is 4.79 Å². The summed E-state index contributed by atoms with van der Waals surface area (Å²) < 4.78 is 5.61. The van der Waals surface area contributed by atoms with Gasteiger partial charge in [0, 0.05) is 19.1 Å². The van der Waals surface area contributed by atoms with Crippen LogP contribution < -0.4 is 10.5 Å². The summed E-state index contributed by atoms with van der Waals surface area (Å²) in [5.74, 6) is 0.716. The number of carbonyl (C=O) groups excluding carboxylic acids is 1. The van der Waals surface area contributed by atoms with Crippen LogP contribution in [0.5, 0.6) is 5.75 Å². The first-order valence-corrected chi connectivity index (χ1v) is 7.26. The highest BCUT2D eigenvalue weighted by Gasteiger charge is 2.18. The zero-order chi connectivity index (χ0) is 14.7. The monoisotopic (exact) mass is 276 g/mol. The fraction of sp³-hybridized carbons (Fsp3) is 0.562. The van der Waals surface area contributed by atoms with Gasteiger partial charge < -0.3 is 15.4 Å². The predicted octanol–water partition coefficient (Wildman–Crippen LogP) is 2.27. The van der Waals surface area contributed by atoms with E-state index in [0.29, 0.717) is 0 Å². The summed E-state index contributed by atoms with van der Waals surface area (Å²) in [6.07, 6.45) is 3.25. The van der Waals surface area contributed by atoms with E-state index in [-0.39, 0.29) is 24.6 Å². The number of fused-ring (bicyclic) bond motifs is 1. The molecular formula is C16H24N2O2. The van der Waals surface area contributed by atoms with Crippen LogP contribution in [0.4, 0.5) is 0 Å². The Bertz CT molecular complexity index is 485. The highest BCUT2D eigenvalue weighted by atomic mass is 16.5. The summed E-state index contributed by atoms with van der Waals surface area (Å²) in [6, 6.07) is 6.26. The van der Waals surface area contributed by atoms with Crippen molar-refractivity contribution in [3.8, 4) is 5.75 Å². The summed E-state index contributed by atoms with van der Waals surface area (Å²) in [5, 5.41) is 0. The van der Waals surface area contributed by atoms with E-state index in [1.165, 1.54) is 11.1 Å². The highest BCUT2D eigenvalue weighted by molar-refractivity contribution is 5.77. The van der Waals surface area contributed by atoms with E-state index in [0.717, 1.165) is 25.0 Å². The molecule has 2 rings (SSSR count). The van der Waals surface area contributed by atoms with Gasteiger partial charge in [0.15, 0.2) is 6.61 Å². The maximum absolute atomic E-state index is 11.9. The molecule has 0 radical (unpaired) electrons. The van der Waals surface area contributed by atoms with Gasteiger partial charge in [-0.25, -0.2) is 0 Å². The third-order valence-electron chi connectivity index (χ3n) is 4.01. The van der Waals surface area contributed by atoms with Gasteiger partial charge in [-0.2, -0.15) is 0 Å². The van der Waals surface area contributed by atoms with Gasteiger partial charge in [0.1, 0.15) is 5.75 Å². The molecule has 1 amide bonds. The number of amides is 1. The van der Waals surface area contributed by atoms with Crippen molar-refractivity contribution >= 4 is 5.91 Å². The van der Waals surface area contributed by atoms with Crippen LogP contribution in [0, 0.1) is 0 Å². The van der Waals surface area contributed by atoms with Crippen LogP contribution in [0.2, 0.25) is 0 Å². The average Bonchev–Trinajstić information content (AvgIpc) is 2.44. The lowest BCUT2D eigenvalue weighted by Gasteiger charge is -2.24. The number of nitrogens with zero attached hydrogens (tertiary/aromatic N) is 1. The van der Waals surface area contributed by atoms with Crippen molar-refractivity contribution < 1.29 is 9.53 Å². The van der Waals surface area contributed by atoms with E-state index in [1.54, 1.807) is 11.9 Å². The molecule has 0 saturated carbocycles. The normalized spacial score (nSPS) is 17.8. The molecule has 1 aliphatic carbocycles. The molecule has 0 fully saturated rings. The van der Waals surface area contributed by atoms with Crippen molar-refractivity contribution in [2.24, 2.45) is 5.73 Å². The molecule has 0 heterocycles. The second-order valence-electron chi connectivity index (χ2n) is 5.75. The first-order chi connectivity index (χ1) is 9.49. The minimum Gasteiger partial charge on any atom is -0.484 e. The molecule has 0 aromatic heterocycles. The second kappa shape index (κ2) is 6.27. The zero-order valence-corrected chi connectivity index (χ0v) is 12.6.